The predicted molar refractivity (Wildman–Crippen MR) is 120 cm³/mol. The first-order valence-corrected chi connectivity index (χ1v) is 9.90. The van der Waals surface area contributed by atoms with E-state index in [1.165, 1.54) is 16.7 Å². The van der Waals surface area contributed by atoms with Crippen LogP contribution in [0.5, 0.6) is 0 Å². The average Bonchev–Trinajstić information content (AvgIpc) is 3.02. The SMILES string of the molecule is Cc1cccc(C)c1CNc1cc(-c2cccc(C(N)=O)n2)cn2c(C)c(C)nc12. The van der Waals surface area contributed by atoms with Crippen LogP contribution in [-0.2, 0) is 6.54 Å². The van der Waals surface area contributed by atoms with Gasteiger partial charge >= 0.3 is 0 Å². The zero-order valence-corrected chi connectivity index (χ0v) is 17.7. The molecule has 0 saturated heterocycles. The van der Waals surface area contributed by atoms with Crippen LogP contribution in [0.1, 0.15) is 38.6 Å². The standard InChI is InChI=1S/C24H25N5O/c1-14-7-5-8-15(2)19(14)12-26-22-11-18(13-29-17(4)16(3)27-24(22)29)20-9-6-10-21(28-20)23(25)30/h5-11,13,26H,12H2,1-4H3,(H2,25,30). The number of carbonyl (C=O) groups is 1. The van der Waals surface area contributed by atoms with Gasteiger partial charge in [-0.05, 0) is 62.6 Å². The topological polar surface area (TPSA) is 85.3 Å². The summed E-state index contributed by atoms with van der Waals surface area (Å²) in [5, 5.41) is 3.57. The molecule has 0 saturated carbocycles. The van der Waals surface area contributed by atoms with E-state index in [2.05, 4.69) is 46.7 Å². The van der Waals surface area contributed by atoms with Crippen LogP contribution in [0.4, 0.5) is 5.69 Å². The van der Waals surface area contributed by atoms with E-state index in [0.29, 0.717) is 12.2 Å². The molecule has 0 aliphatic heterocycles. The van der Waals surface area contributed by atoms with Crippen molar-refractivity contribution in [3.05, 3.63) is 82.4 Å². The van der Waals surface area contributed by atoms with Crippen molar-refractivity contribution < 1.29 is 4.79 Å². The molecule has 0 bridgehead atoms. The van der Waals surface area contributed by atoms with E-state index in [1.807, 2.05) is 32.2 Å². The van der Waals surface area contributed by atoms with Crippen LogP contribution < -0.4 is 11.1 Å². The number of fused-ring (bicyclic) bond motifs is 1. The highest BCUT2D eigenvalue weighted by molar-refractivity contribution is 5.91. The predicted octanol–water partition coefficient (Wildman–Crippen LogP) is 4.34. The molecule has 4 aromatic rings. The fraction of sp³-hybridized carbons (Fsp3) is 0.208. The van der Waals surface area contributed by atoms with E-state index < -0.39 is 5.91 Å². The number of pyridine rings is 2. The number of hydrogen-bond acceptors (Lipinski definition) is 4. The molecule has 6 nitrogen and oxygen atoms in total. The molecule has 4 rings (SSSR count). The molecule has 1 amide bonds. The number of imidazole rings is 1. The Hall–Kier alpha value is -3.67. The third kappa shape index (κ3) is 3.52. The van der Waals surface area contributed by atoms with Crippen LogP contribution in [0.15, 0.2) is 48.7 Å². The first-order valence-electron chi connectivity index (χ1n) is 9.90. The van der Waals surface area contributed by atoms with Crippen LogP contribution in [-0.4, -0.2) is 20.3 Å². The van der Waals surface area contributed by atoms with Crippen molar-refractivity contribution in [3.8, 4) is 11.3 Å². The number of nitrogens with two attached hydrogens (primary N) is 1. The summed E-state index contributed by atoms with van der Waals surface area (Å²) in [4.78, 5) is 20.8. The summed E-state index contributed by atoms with van der Waals surface area (Å²) < 4.78 is 2.07. The highest BCUT2D eigenvalue weighted by atomic mass is 16.1. The third-order valence-electron chi connectivity index (χ3n) is 5.59. The summed E-state index contributed by atoms with van der Waals surface area (Å²) >= 11 is 0. The van der Waals surface area contributed by atoms with E-state index in [9.17, 15) is 4.79 Å². The van der Waals surface area contributed by atoms with Crippen molar-refractivity contribution in [2.75, 3.05) is 5.32 Å². The first kappa shape index (κ1) is 19.6. The highest BCUT2D eigenvalue weighted by Crippen LogP contribution is 2.28. The highest BCUT2D eigenvalue weighted by Gasteiger charge is 2.14. The summed E-state index contributed by atoms with van der Waals surface area (Å²) in [6.45, 7) is 8.99. The van der Waals surface area contributed by atoms with Crippen LogP contribution in [0.25, 0.3) is 16.9 Å². The quantitative estimate of drug-likeness (QED) is 0.523. The number of anilines is 1. The zero-order valence-electron chi connectivity index (χ0n) is 17.7. The number of primary amides is 1. The summed E-state index contributed by atoms with van der Waals surface area (Å²) in [7, 11) is 0. The van der Waals surface area contributed by atoms with Gasteiger partial charge in [-0.3, -0.25) is 4.79 Å². The van der Waals surface area contributed by atoms with Crippen molar-refractivity contribution >= 4 is 17.2 Å². The molecule has 0 aliphatic carbocycles. The minimum Gasteiger partial charge on any atom is -0.378 e. The number of amides is 1. The lowest BCUT2D eigenvalue weighted by Crippen LogP contribution is -2.13. The monoisotopic (exact) mass is 399 g/mol. The van der Waals surface area contributed by atoms with Crippen LogP contribution in [0.3, 0.4) is 0 Å². The molecule has 6 heteroatoms. The van der Waals surface area contributed by atoms with E-state index in [-0.39, 0.29) is 5.69 Å². The Labute approximate surface area is 175 Å². The second-order valence-electron chi connectivity index (χ2n) is 7.61. The maximum absolute atomic E-state index is 11.6. The van der Waals surface area contributed by atoms with Crippen molar-refractivity contribution in [1.29, 1.82) is 0 Å². The number of aryl methyl sites for hydroxylation is 4. The molecule has 3 heterocycles. The Morgan fingerprint density at radius 2 is 1.73 bits per heavy atom. The van der Waals surface area contributed by atoms with Gasteiger partial charge in [0.2, 0.25) is 0 Å². The molecule has 0 unspecified atom stereocenters. The summed E-state index contributed by atoms with van der Waals surface area (Å²) in [5.74, 6) is -0.541. The van der Waals surface area contributed by atoms with Gasteiger partial charge in [0.15, 0.2) is 5.65 Å². The van der Waals surface area contributed by atoms with Gasteiger partial charge in [0, 0.05) is 24.0 Å². The Kier molecular flexibility index (Phi) is 4.99. The molecule has 152 valence electrons. The largest absolute Gasteiger partial charge is 0.378 e. The molecule has 0 radical (unpaired) electrons. The molecular formula is C24H25N5O. The minimum atomic E-state index is -0.541. The van der Waals surface area contributed by atoms with E-state index in [0.717, 1.165) is 28.3 Å². The average molecular weight is 399 g/mol. The van der Waals surface area contributed by atoms with Gasteiger partial charge in [0.05, 0.1) is 17.1 Å². The lowest BCUT2D eigenvalue weighted by atomic mass is 10.0. The molecule has 0 atom stereocenters. The number of nitrogens with zero attached hydrogens (tertiary/aromatic N) is 3. The normalized spacial score (nSPS) is 11.1. The lowest BCUT2D eigenvalue weighted by molar-refractivity contribution is 0.0995. The van der Waals surface area contributed by atoms with Gasteiger partial charge in [-0.15, -0.1) is 0 Å². The molecule has 1 aromatic carbocycles. The number of aromatic nitrogens is 3. The van der Waals surface area contributed by atoms with Crippen molar-refractivity contribution in [2.24, 2.45) is 5.73 Å². The maximum atomic E-state index is 11.6. The van der Waals surface area contributed by atoms with Crippen LogP contribution in [0, 0.1) is 27.7 Å². The molecule has 0 aliphatic rings. The second-order valence-corrected chi connectivity index (χ2v) is 7.61. The molecular weight excluding hydrogens is 374 g/mol. The van der Waals surface area contributed by atoms with Crippen LogP contribution in [0.2, 0.25) is 0 Å². The van der Waals surface area contributed by atoms with E-state index >= 15 is 0 Å². The van der Waals surface area contributed by atoms with Crippen LogP contribution >= 0.6 is 0 Å². The van der Waals surface area contributed by atoms with Gasteiger partial charge in [-0.2, -0.15) is 0 Å². The van der Waals surface area contributed by atoms with Crippen molar-refractivity contribution in [3.63, 3.8) is 0 Å². The summed E-state index contributed by atoms with van der Waals surface area (Å²) in [6, 6.07) is 13.6. The minimum absolute atomic E-state index is 0.246. The fourth-order valence-corrected chi connectivity index (χ4v) is 3.69. The van der Waals surface area contributed by atoms with Crippen molar-refractivity contribution in [2.45, 2.75) is 34.2 Å². The van der Waals surface area contributed by atoms with E-state index in [1.54, 1.807) is 12.1 Å². The fourth-order valence-electron chi connectivity index (χ4n) is 3.69. The van der Waals surface area contributed by atoms with Gasteiger partial charge in [0.1, 0.15) is 5.69 Å². The van der Waals surface area contributed by atoms with Gasteiger partial charge in [0.25, 0.3) is 5.91 Å². The van der Waals surface area contributed by atoms with Crippen molar-refractivity contribution in [1.82, 2.24) is 14.4 Å². The Morgan fingerprint density at radius 3 is 2.43 bits per heavy atom. The lowest BCUT2D eigenvalue weighted by Gasteiger charge is -2.14. The van der Waals surface area contributed by atoms with Gasteiger partial charge < -0.3 is 15.5 Å². The van der Waals surface area contributed by atoms with Gasteiger partial charge in [-0.25, -0.2) is 9.97 Å². The molecule has 3 N–H and O–H groups in total. The third-order valence-corrected chi connectivity index (χ3v) is 5.59. The molecule has 30 heavy (non-hydrogen) atoms. The maximum Gasteiger partial charge on any atom is 0.267 e. The number of rotatable bonds is 5. The zero-order chi connectivity index (χ0) is 21.4. The first-order chi connectivity index (χ1) is 14.3. The van der Waals surface area contributed by atoms with Gasteiger partial charge in [-0.1, -0.05) is 24.3 Å². The molecule has 0 fully saturated rings. The Morgan fingerprint density at radius 1 is 1.03 bits per heavy atom. The Balaban J connectivity index is 1.81. The number of nitrogens with one attached hydrogen (secondary N) is 1. The smallest absolute Gasteiger partial charge is 0.267 e. The summed E-state index contributed by atoms with van der Waals surface area (Å²) in [6.07, 6.45) is 2.00. The summed E-state index contributed by atoms with van der Waals surface area (Å²) in [5.41, 5.74) is 14.8. The number of benzene rings is 1. The molecule has 3 aromatic heterocycles. The van der Waals surface area contributed by atoms with E-state index in [4.69, 9.17) is 10.7 Å². The Bertz CT molecular complexity index is 1250. The molecule has 0 spiro atoms. The number of carbonyl (C=O) groups excluding carboxylic acids is 1. The number of hydrogen-bond donors (Lipinski definition) is 2. The second kappa shape index (κ2) is 7.63.